The zero-order valence-corrected chi connectivity index (χ0v) is 12.2. The van der Waals surface area contributed by atoms with Gasteiger partial charge in [-0.3, -0.25) is 4.79 Å². The van der Waals surface area contributed by atoms with Crippen LogP contribution in [0, 0.1) is 0 Å². The van der Waals surface area contributed by atoms with Crippen LogP contribution >= 0.6 is 0 Å². The van der Waals surface area contributed by atoms with E-state index in [1.54, 1.807) is 48.5 Å². The van der Waals surface area contributed by atoms with E-state index < -0.39 is 17.9 Å². The van der Waals surface area contributed by atoms with Crippen molar-refractivity contribution < 1.29 is 19.4 Å². The van der Waals surface area contributed by atoms with Crippen LogP contribution in [0.15, 0.2) is 66.7 Å². The van der Waals surface area contributed by atoms with Gasteiger partial charge in [-0.1, -0.05) is 49.0 Å². The molecule has 0 aliphatic heterocycles. The molecule has 1 N–H and O–H groups in total. The summed E-state index contributed by atoms with van der Waals surface area (Å²) >= 11 is 0. The van der Waals surface area contributed by atoms with Crippen LogP contribution in [-0.4, -0.2) is 16.9 Å². The molecule has 2 rings (SSSR count). The Morgan fingerprint density at radius 2 is 1.77 bits per heavy atom. The van der Waals surface area contributed by atoms with Gasteiger partial charge in [-0.25, -0.2) is 4.79 Å². The van der Waals surface area contributed by atoms with Crippen molar-refractivity contribution in [1.29, 1.82) is 0 Å². The second-order valence-electron chi connectivity index (χ2n) is 4.88. The molecule has 0 amide bonds. The quantitative estimate of drug-likeness (QED) is 0.398. The van der Waals surface area contributed by atoms with Gasteiger partial charge < -0.3 is 9.84 Å². The first kappa shape index (κ1) is 15.7. The summed E-state index contributed by atoms with van der Waals surface area (Å²) in [6.45, 7) is 5.03. The van der Waals surface area contributed by atoms with Gasteiger partial charge in [-0.15, -0.1) is 0 Å². The standard InChI is InChI=1S/C18H16O4/c1-12(2)18(21)22-15-10-6-9-14(11-15)17(20)16(19)13-7-4-3-5-8-13/h3-11,16,19H,1H2,2H3. The number of ether oxygens (including phenoxy) is 1. The number of hydrogen-bond acceptors (Lipinski definition) is 4. The van der Waals surface area contributed by atoms with E-state index >= 15 is 0 Å². The maximum atomic E-state index is 12.3. The molecule has 112 valence electrons. The number of benzene rings is 2. The van der Waals surface area contributed by atoms with Crippen LogP contribution < -0.4 is 4.74 Å². The number of ketones is 1. The summed E-state index contributed by atoms with van der Waals surface area (Å²) in [7, 11) is 0. The van der Waals surface area contributed by atoms with Crippen molar-refractivity contribution in [3.63, 3.8) is 0 Å². The summed E-state index contributed by atoms with van der Waals surface area (Å²) in [5.74, 6) is -0.785. The first-order valence-electron chi connectivity index (χ1n) is 6.74. The molecular weight excluding hydrogens is 280 g/mol. The second kappa shape index (κ2) is 6.83. The van der Waals surface area contributed by atoms with Gasteiger partial charge in [0, 0.05) is 11.1 Å². The van der Waals surface area contributed by atoms with Gasteiger partial charge in [-0.2, -0.15) is 0 Å². The molecule has 0 aliphatic rings. The number of esters is 1. The lowest BCUT2D eigenvalue weighted by Gasteiger charge is -2.11. The topological polar surface area (TPSA) is 63.6 Å². The third-order valence-corrected chi connectivity index (χ3v) is 3.04. The van der Waals surface area contributed by atoms with Crippen LogP contribution in [0.25, 0.3) is 0 Å². The van der Waals surface area contributed by atoms with Crippen molar-refractivity contribution in [3.8, 4) is 5.75 Å². The first-order valence-corrected chi connectivity index (χ1v) is 6.74. The average Bonchev–Trinajstić information content (AvgIpc) is 2.54. The van der Waals surface area contributed by atoms with Gasteiger partial charge in [-0.05, 0) is 24.6 Å². The van der Waals surface area contributed by atoms with Crippen LogP contribution in [0.5, 0.6) is 5.75 Å². The summed E-state index contributed by atoms with van der Waals surface area (Å²) in [5, 5.41) is 10.1. The fourth-order valence-electron chi connectivity index (χ4n) is 1.85. The Morgan fingerprint density at radius 3 is 2.41 bits per heavy atom. The van der Waals surface area contributed by atoms with E-state index in [9.17, 15) is 14.7 Å². The van der Waals surface area contributed by atoms with E-state index in [0.29, 0.717) is 5.56 Å². The molecule has 1 atom stereocenters. The molecule has 2 aromatic carbocycles. The van der Waals surface area contributed by atoms with Crippen molar-refractivity contribution in [2.75, 3.05) is 0 Å². The normalized spacial score (nSPS) is 11.5. The lowest BCUT2D eigenvalue weighted by molar-refractivity contribution is -0.130. The second-order valence-corrected chi connectivity index (χ2v) is 4.88. The van der Waals surface area contributed by atoms with Crippen molar-refractivity contribution in [1.82, 2.24) is 0 Å². The lowest BCUT2D eigenvalue weighted by atomic mass is 10.00. The minimum absolute atomic E-state index is 0.235. The molecule has 0 saturated heterocycles. The predicted octanol–water partition coefficient (Wildman–Crippen LogP) is 3.08. The van der Waals surface area contributed by atoms with E-state index in [-0.39, 0.29) is 16.9 Å². The zero-order valence-electron chi connectivity index (χ0n) is 12.2. The van der Waals surface area contributed by atoms with Gasteiger partial charge in [0.15, 0.2) is 5.78 Å². The molecule has 0 bridgehead atoms. The van der Waals surface area contributed by atoms with Crippen LogP contribution in [0.3, 0.4) is 0 Å². The minimum atomic E-state index is -1.26. The van der Waals surface area contributed by atoms with Crippen LogP contribution in [0.2, 0.25) is 0 Å². The Bertz CT molecular complexity index is 704. The Balaban J connectivity index is 2.20. The van der Waals surface area contributed by atoms with E-state index in [4.69, 9.17) is 4.74 Å². The van der Waals surface area contributed by atoms with Gasteiger partial charge in [0.25, 0.3) is 0 Å². The van der Waals surface area contributed by atoms with Crippen LogP contribution in [0.4, 0.5) is 0 Å². The van der Waals surface area contributed by atoms with E-state index in [0.717, 1.165) is 0 Å². The monoisotopic (exact) mass is 296 g/mol. The summed E-state index contributed by atoms with van der Waals surface area (Å²) < 4.78 is 5.08. The summed E-state index contributed by atoms with van der Waals surface area (Å²) in [4.78, 5) is 23.8. The maximum Gasteiger partial charge on any atom is 0.338 e. The van der Waals surface area contributed by atoms with E-state index in [1.807, 2.05) is 0 Å². The minimum Gasteiger partial charge on any atom is -0.423 e. The number of Topliss-reactive ketones (excluding diaryl/α,β-unsaturated/α-hetero) is 1. The summed E-state index contributed by atoms with van der Waals surface area (Å²) in [6.07, 6.45) is -1.26. The molecule has 4 heteroatoms. The highest BCUT2D eigenvalue weighted by Crippen LogP contribution is 2.21. The molecule has 22 heavy (non-hydrogen) atoms. The predicted molar refractivity (Wildman–Crippen MR) is 82.6 cm³/mol. The van der Waals surface area contributed by atoms with Crippen molar-refractivity contribution in [3.05, 3.63) is 77.9 Å². The third-order valence-electron chi connectivity index (χ3n) is 3.04. The number of carbonyl (C=O) groups is 2. The Kier molecular flexibility index (Phi) is 4.86. The van der Waals surface area contributed by atoms with Crippen LogP contribution in [-0.2, 0) is 4.79 Å². The summed E-state index contributed by atoms with van der Waals surface area (Å²) in [6, 6.07) is 14.8. The highest BCUT2D eigenvalue weighted by atomic mass is 16.5. The Labute approximate surface area is 128 Å². The molecule has 4 nitrogen and oxygen atoms in total. The highest BCUT2D eigenvalue weighted by molar-refractivity contribution is 6.00. The molecule has 2 aromatic rings. The van der Waals surface area contributed by atoms with Crippen molar-refractivity contribution >= 4 is 11.8 Å². The fraction of sp³-hybridized carbons (Fsp3) is 0.111. The molecule has 1 unspecified atom stereocenters. The maximum absolute atomic E-state index is 12.3. The Morgan fingerprint density at radius 1 is 1.09 bits per heavy atom. The molecule has 0 heterocycles. The first-order chi connectivity index (χ1) is 10.5. The zero-order chi connectivity index (χ0) is 16.1. The van der Waals surface area contributed by atoms with Gasteiger partial charge in [0.2, 0.25) is 0 Å². The largest absolute Gasteiger partial charge is 0.423 e. The van der Waals surface area contributed by atoms with E-state index in [1.165, 1.54) is 13.0 Å². The SMILES string of the molecule is C=C(C)C(=O)Oc1cccc(C(=O)C(O)c2ccccc2)c1. The number of rotatable bonds is 5. The lowest BCUT2D eigenvalue weighted by Crippen LogP contribution is -2.13. The van der Waals surface area contributed by atoms with Crippen molar-refractivity contribution in [2.24, 2.45) is 0 Å². The summed E-state index contributed by atoms with van der Waals surface area (Å²) in [5.41, 5.74) is 1.04. The molecular formula is C18H16O4. The number of aliphatic hydroxyl groups excluding tert-OH is 1. The average molecular weight is 296 g/mol. The molecule has 0 aliphatic carbocycles. The number of aliphatic hydroxyl groups is 1. The van der Waals surface area contributed by atoms with Crippen LogP contribution in [0.1, 0.15) is 28.9 Å². The van der Waals surface area contributed by atoms with Crippen molar-refractivity contribution in [2.45, 2.75) is 13.0 Å². The molecule has 0 aromatic heterocycles. The van der Waals surface area contributed by atoms with Gasteiger partial charge >= 0.3 is 5.97 Å². The van der Waals surface area contributed by atoms with Gasteiger partial charge in [0.05, 0.1) is 0 Å². The third kappa shape index (κ3) is 3.68. The molecule has 0 spiro atoms. The smallest absolute Gasteiger partial charge is 0.338 e. The molecule has 0 saturated carbocycles. The van der Waals surface area contributed by atoms with E-state index in [2.05, 4.69) is 6.58 Å². The fourth-order valence-corrected chi connectivity index (χ4v) is 1.85. The molecule has 0 fully saturated rings. The highest BCUT2D eigenvalue weighted by Gasteiger charge is 2.19. The number of carbonyl (C=O) groups excluding carboxylic acids is 2. The molecule has 0 radical (unpaired) electrons. The van der Waals surface area contributed by atoms with Gasteiger partial charge in [0.1, 0.15) is 11.9 Å². The Hall–Kier alpha value is -2.72. The number of hydrogen-bond donors (Lipinski definition) is 1.